The van der Waals surface area contributed by atoms with E-state index in [1.54, 1.807) is 12.3 Å². The molecule has 39 heavy (non-hydrogen) atoms. The Morgan fingerprint density at radius 1 is 1.26 bits per heavy atom. The molecular weight excluding hydrogens is 491 g/mol. The Hall–Kier alpha value is -4.03. The van der Waals surface area contributed by atoms with E-state index in [1.807, 2.05) is 37.0 Å². The van der Waals surface area contributed by atoms with Gasteiger partial charge in [-0.2, -0.15) is 9.65 Å². The zero-order chi connectivity index (χ0) is 27.9. The van der Waals surface area contributed by atoms with Gasteiger partial charge in [-0.3, -0.25) is 4.98 Å². The third-order valence-corrected chi connectivity index (χ3v) is 7.05. The number of hydrazine groups is 1. The summed E-state index contributed by atoms with van der Waals surface area (Å²) in [4.78, 5) is 15.0. The number of pyridine rings is 1. The third kappa shape index (κ3) is 6.18. The number of hydrogen-bond acceptors (Lipinski definition) is 8. The molecule has 1 unspecified atom stereocenters. The summed E-state index contributed by atoms with van der Waals surface area (Å²) in [6.45, 7) is 10.5. The molecule has 2 aliphatic rings. The molecule has 1 N–H and O–H groups in total. The second-order valence-corrected chi connectivity index (χ2v) is 9.77. The first-order chi connectivity index (χ1) is 18.9. The molecule has 0 saturated carbocycles. The molecule has 0 aromatic carbocycles. The van der Waals surface area contributed by atoms with Crippen molar-refractivity contribution in [2.45, 2.75) is 53.1 Å². The molecule has 0 spiro atoms. The Bertz CT molecular complexity index is 1350. The van der Waals surface area contributed by atoms with Crippen molar-refractivity contribution in [2.24, 2.45) is 0 Å². The summed E-state index contributed by atoms with van der Waals surface area (Å²) in [6, 6.07) is 4.42. The lowest BCUT2D eigenvalue weighted by atomic mass is 10.0. The van der Waals surface area contributed by atoms with Crippen molar-refractivity contribution in [3.8, 4) is 6.07 Å². The molecule has 204 valence electrons. The van der Waals surface area contributed by atoms with Crippen LogP contribution >= 0.6 is 0 Å². The molecule has 8 nitrogen and oxygen atoms in total. The number of piperazine rings is 1. The summed E-state index contributed by atoms with van der Waals surface area (Å²) in [5.74, 6) is -0.0613. The summed E-state index contributed by atoms with van der Waals surface area (Å²) >= 11 is 0. The largest absolute Gasteiger partial charge is 0.363 e. The van der Waals surface area contributed by atoms with Gasteiger partial charge in [-0.1, -0.05) is 43.7 Å². The van der Waals surface area contributed by atoms with E-state index in [-0.39, 0.29) is 12.4 Å². The third-order valence-electron chi connectivity index (χ3n) is 7.05. The summed E-state index contributed by atoms with van der Waals surface area (Å²) in [6.07, 6.45) is 15.4. The minimum absolute atomic E-state index is 0.129. The van der Waals surface area contributed by atoms with Crippen LogP contribution in [0.1, 0.15) is 57.4 Å². The number of halogens is 1. The summed E-state index contributed by atoms with van der Waals surface area (Å²) in [5.41, 5.74) is 5.00. The van der Waals surface area contributed by atoms with Crippen LogP contribution in [0.4, 0.5) is 16.0 Å². The molecule has 1 fully saturated rings. The van der Waals surface area contributed by atoms with E-state index in [1.165, 1.54) is 12.0 Å². The number of nitrogens with zero attached hydrogens (tertiary/aromatic N) is 7. The fourth-order valence-electron chi connectivity index (χ4n) is 5.10. The van der Waals surface area contributed by atoms with Gasteiger partial charge in [-0.15, -0.1) is 0 Å². The van der Waals surface area contributed by atoms with Gasteiger partial charge in [0.05, 0.1) is 24.3 Å². The molecule has 0 radical (unpaired) electrons. The lowest BCUT2D eigenvalue weighted by Crippen LogP contribution is -2.49. The molecule has 2 aromatic rings. The average Bonchev–Trinajstić information content (AvgIpc) is 3.27. The van der Waals surface area contributed by atoms with Crippen LogP contribution in [0.15, 0.2) is 60.2 Å². The molecule has 9 heteroatoms. The van der Waals surface area contributed by atoms with E-state index < -0.39 is 5.82 Å². The summed E-state index contributed by atoms with van der Waals surface area (Å²) in [5, 5.41) is 17.5. The molecular formula is C30H37FN8. The van der Waals surface area contributed by atoms with Crippen molar-refractivity contribution in [1.29, 1.82) is 5.26 Å². The highest BCUT2D eigenvalue weighted by Crippen LogP contribution is 2.30. The maximum Gasteiger partial charge on any atom is 0.207 e. The van der Waals surface area contributed by atoms with Gasteiger partial charge in [-0.25, -0.2) is 15.0 Å². The van der Waals surface area contributed by atoms with Crippen molar-refractivity contribution in [3.05, 3.63) is 82.9 Å². The van der Waals surface area contributed by atoms with Crippen LogP contribution in [0.5, 0.6) is 0 Å². The van der Waals surface area contributed by atoms with Gasteiger partial charge in [0.2, 0.25) is 5.82 Å². The Morgan fingerprint density at radius 3 is 2.79 bits per heavy atom. The maximum absolute atomic E-state index is 15.5. The van der Waals surface area contributed by atoms with Crippen LogP contribution in [-0.2, 0) is 6.54 Å². The standard InChI is InChI=1S/C30H37FN8/c1-6-9-21(4)13-23(10-7-2)28-24(16-32)14-22(17-33-28)18-34-29-27(31)30(36-20-35-29)38-11-12-39-26(19-38)15-25(8-3)37(39)5/h7,9-10,13-15,17,20,25H,6,8,11-12,18-19H2,1-5H3,(H,34,35,36)/b10-7-,21-9+,23-13+. The van der Waals surface area contributed by atoms with Gasteiger partial charge in [0.15, 0.2) is 11.6 Å². The molecule has 0 bridgehead atoms. The van der Waals surface area contributed by atoms with Gasteiger partial charge in [0.1, 0.15) is 12.4 Å². The number of likely N-dealkylation sites (N-methyl/N-ethyl adjacent to an activating group) is 1. The van der Waals surface area contributed by atoms with Gasteiger partial charge in [0, 0.05) is 43.6 Å². The quantitative estimate of drug-likeness (QED) is 0.430. The minimum Gasteiger partial charge on any atom is -0.363 e. The van der Waals surface area contributed by atoms with Gasteiger partial charge >= 0.3 is 0 Å². The number of nitrogens with one attached hydrogen (secondary N) is 1. The average molecular weight is 529 g/mol. The predicted octanol–water partition coefficient (Wildman–Crippen LogP) is 5.46. The van der Waals surface area contributed by atoms with Crippen LogP contribution in [0, 0.1) is 17.1 Å². The van der Waals surface area contributed by atoms with Crippen LogP contribution in [0.3, 0.4) is 0 Å². The summed E-state index contributed by atoms with van der Waals surface area (Å²) in [7, 11) is 2.10. The molecule has 4 rings (SSSR count). The molecule has 2 aromatic heterocycles. The highest BCUT2D eigenvalue weighted by Gasteiger charge is 2.33. The first-order valence-corrected chi connectivity index (χ1v) is 13.5. The number of aromatic nitrogens is 3. The van der Waals surface area contributed by atoms with Crippen LogP contribution in [0.2, 0.25) is 0 Å². The first-order valence-electron chi connectivity index (χ1n) is 13.5. The van der Waals surface area contributed by atoms with E-state index in [2.05, 4.69) is 69.4 Å². The van der Waals surface area contributed by atoms with Crippen molar-refractivity contribution < 1.29 is 4.39 Å². The lowest BCUT2D eigenvalue weighted by molar-refractivity contribution is 0.0284. The van der Waals surface area contributed by atoms with E-state index in [9.17, 15) is 5.26 Å². The van der Waals surface area contributed by atoms with Crippen LogP contribution < -0.4 is 10.2 Å². The molecule has 0 aliphatic carbocycles. The highest BCUT2D eigenvalue weighted by atomic mass is 19.1. The number of allylic oxidation sites excluding steroid dienone is 6. The topological polar surface area (TPSA) is 84.2 Å². The molecule has 4 heterocycles. The molecule has 1 saturated heterocycles. The Morgan fingerprint density at radius 2 is 2.08 bits per heavy atom. The SMILES string of the molecule is C\C=C/C(=C\C(C)=C\CC)c1ncc(CNc2ncnc(N3CCN4C(=CC(CC)N4C)C3)c2F)cc1C#N. The zero-order valence-corrected chi connectivity index (χ0v) is 23.4. The second kappa shape index (κ2) is 12.7. The molecule has 0 amide bonds. The number of anilines is 2. The number of rotatable bonds is 9. The van der Waals surface area contributed by atoms with Gasteiger partial charge < -0.3 is 15.2 Å². The Labute approximate surface area is 230 Å². The summed E-state index contributed by atoms with van der Waals surface area (Å²) < 4.78 is 15.5. The monoisotopic (exact) mass is 528 g/mol. The van der Waals surface area contributed by atoms with E-state index in [4.69, 9.17) is 0 Å². The predicted molar refractivity (Wildman–Crippen MR) is 154 cm³/mol. The van der Waals surface area contributed by atoms with Crippen molar-refractivity contribution in [2.75, 3.05) is 36.9 Å². The molecule has 2 aliphatic heterocycles. The second-order valence-electron chi connectivity index (χ2n) is 9.77. The van der Waals surface area contributed by atoms with Crippen molar-refractivity contribution in [1.82, 2.24) is 25.0 Å². The smallest absolute Gasteiger partial charge is 0.207 e. The van der Waals surface area contributed by atoms with E-state index in [0.29, 0.717) is 36.2 Å². The Balaban J connectivity index is 1.50. The van der Waals surface area contributed by atoms with Crippen molar-refractivity contribution >= 4 is 17.2 Å². The van der Waals surface area contributed by atoms with Crippen LogP contribution in [0.25, 0.3) is 5.57 Å². The first kappa shape index (κ1) is 28.0. The fraction of sp³-hybridized carbons (Fsp3) is 0.400. The van der Waals surface area contributed by atoms with E-state index in [0.717, 1.165) is 36.1 Å². The zero-order valence-electron chi connectivity index (χ0n) is 23.4. The lowest BCUT2D eigenvalue weighted by Gasteiger charge is -2.40. The minimum atomic E-state index is -0.480. The Kier molecular flexibility index (Phi) is 9.10. The van der Waals surface area contributed by atoms with E-state index >= 15 is 4.39 Å². The van der Waals surface area contributed by atoms with Crippen molar-refractivity contribution in [3.63, 3.8) is 0 Å². The van der Waals surface area contributed by atoms with Crippen LogP contribution in [-0.4, -0.2) is 57.7 Å². The number of fused-ring (bicyclic) bond motifs is 1. The number of hydrogen-bond donors (Lipinski definition) is 1. The molecule has 1 atom stereocenters. The normalized spacial score (nSPS) is 18.4. The number of nitriles is 1. The highest BCUT2D eigenvalue weighted by molar-refractivity contribution is 5.77. The van der Waals surface area contributed by atoms with Gasteiger partial charge in [0.25, 0.3) is 0 Å². The maximum atomic E-state index is 15.5. The fourth-order valence-corrected chi connectivity index (χ4v) is 5.10. The van der Waals surface area contributed by atoms with Gasteiger partial charge in [-0.05, 0) is 44.4 Å².